The number of nitrogens with one attached hydrogen (secondary N) is 2. The lowest BCUT2D eigenvalue weighted by atomic mass is 10.1. The normalized spacial score (nSPS) is 11.5. The van der Waals surface area contributed by atoms with Gasteiger partial charge in [0.1, 0.15) is 5.75 Å². The highest BCUT2D eigenvalue weighted by Crippen LogP contribution is 2.21. The molecule has 0 saturated carbocycles. The molecule has 2 amide bonds. The molecule has 6 nitrogen and oxygen atoms in total. The Morgan fingerprint density at radius 3 is 2.55 bits per heavy atom. The van der Waals surface area contributed by atoms with Crippen LogP contribution in [0.4, 0.5) is 10.5 Å². The summed E-state index contributed by atoms with van der Waals surface area (Å²) in [5.74, 6) is 1.17. The van der Waals surface area contributed by atoms with Crippen LogP contribution in [0.5, 0.6) is 11.6 Å². The van der Waals surface area contributed by atoms with Crippen molar-refractivity contribution >= 4 is 11.7 Å². The number of urea groups is 1. The Kier molecular flexibility index (Phi) is 7.19. The predicted octanol–water partition coefficient (Wildman–Crippen LogP) is 4.16. The zero-order chi connectivity index (χ0) is 20.5. The van der Waals surface area contributed by atoms with E-state index in [-0.39, 0.29) is 12.6 Å². The van der Waals surface area contributed by atoms with Crippen LogP contribution in [-0.4, -0.2) is 28.8 Å². The smallest absolute Gasteiger partial charge is 0.319 e. The molecule has 0 aliphatic carbocycles. The second kappa shape index (κ2) is 10.2. The van der Waals surface area contributed by atoms with Crippen molar-refractivity contribution in [2.75, 3.05) is 11.9 Å². The molecule has 0 bridgehead atoms. The fourth-order valence-corrected chi connectivity index (χ4v) is 2.88. The molecule has 1 heterocycles. The van der Waals surface area contributed by atoms with Crippen LogP contribution in [0.1, 0.15) is 18.1 Å². The summed E-state index contributed by atoms with van der Waals surface area (Å²) in [6.07, 6.45) is 3.01. The van der Waals surface area contributed by atoms with Gasteiger partial charge in [0, 0.05) is 6.07 Å². The van der Waals surface area contributed by atoms with E-state index in [1.54, 1.807) is 12.1 Å². The number of hydrogen-bond donors (Lipinski definition) is 3. The molecular weight excluding hydrogens is 366 g/mol. The van der Waals surface area contributed by atoms with Gasteiger partial charge >= 0.3 is 6.03 Å². The van der Waals surface area contributed by atoms with E-state index in [0.717, 1.165) is 17.7 Å². The summed E-state index contributed by atoms with van der Waals surface area (Å²) in [6, 6.07) is 20.2. The number of benzene rings is 2. The van der Waals surface area contributed by atoms with E-state index in [1.807, 2.05) is 54.6 Å². The molecule has 150 valence electrons. The highest BCUT2D eigenvalue weighted by Gasteiger charge is 2.12. The summed E-state index contributed by atoms with van der Waals surface area (Å²) in [5.41, 5.74) is 2.77. The molecule has 3 N–H and O–H groups in total. The Balaban J connectivity index is 1.53. The number of pyridine rings is 1. The Morgan fingerprint density at radius 2 is 1.86 bits per heavy atom. The number of aliphatic hydroxyl groups is 1. The lowest BCUT2D eigenvalue weighted by molar-refractivity contribution is 0.224. The van der Waals surface area contributed by atoms with Gasteiger partial charge in [0.05, 0.1) is 24.5 Å². The number of carbonyl (C=O) groups excluding carboxylic acids is 1. The summed E-state index contributed by atoms with van der Waals surface area (Å²) in [4.78, 5) is 16.5. The van der Waals surface area contributed by atoms with Crippen molar-refractivity contribution in [3.8, 4) is 11.6 Å². The third-order valence-corrected chi connectivity index (χ3v) is 4.40. The molecule has 3 aromatic rings. The highest BCUT2D eigenvalue weighted by atomic mass is 16.5. The van der Waals surface area contributed by atoms with E-state index in [0.29, 0.717) is 18.0 Å². The predicted molar refractivity (Wildman–Crippen MR) is 113 cm³/mol. The van der Waals surface area contributed by atoms with Crippen LogP contribution in [0.15, 0.2) is 72.9 Å². The molecule has 1 aromatic heterocycles. The van der Waals surface area contributed by atoms with Gasteiger partial charge in [0.15, 0.2) is 0 Å². The molecule has 6 heteroatoms. The van der Waals surface area contributed by atoms with Crippen LogP contribution in [0, 0.1) is 0 Å². The maximum Gasteiger partial charge on any atom is 0.319 e. The van der Waals surface area contributed by atoms with Crippen molar-refractivity contribution in [1.82, 2.24) is 10.3 Å². The van der Waals surface area contributed by atoms with Crippen LogP contribution >= 0.6 is 0 Å². The van der Waals surface area contributed by atoms with Gasteiger partial charge in [-0.2, -0.15) is 0 Å². The number of aryl methyl sites for hydroxylation is 1. The van der Waals surface area contributed by atoms with Crippen molar-refractivity contribution in [2.45, 2.75) is 25.8 Å². The number of anilines is 1. The maximum atomic E-state index is 12.2. The van der Waals surface area contributed by atoms with Gasteiger partial charge in [-0.15, -0.1) is 0 Å². The van der Waals surface area contributed by atoms with Gasteiger partial charge in [0.25, 0.3) is 0 Å². The van der Waals surface area contributed by atoms with Gasteiger partial charge in [-0.1, -0.05) is 49.4 Å². The lowest BCUT2D eigenvalue weighted by Crippen LogP contribution is -2.41. The number of carbonyl (C=O) groups is 1. The molecule has 0 fully saturated rings. The molecular formula is C23H25N3O3. The second-order valence-electron chi connectivity index (χ2n) is 6.66. The van der Waals surface area contributed by atoms with E-state index >= 15 is 0 Å². The van der Waals surface area contributed by atoms with Crippen LogP contribution < -0.4 is 15.4 Å². The number of hydrogen-bond acceptors (Lipinski definition) is 4. The first-order chi connectivity index (χ1) is 14.2. The third kappa shape index (κ3) is 6.33. The van der Waals surface area contributed by atoms with Crippen LogP contribution in [-0.2, 0) is 12.8 Å². The molecule has 0 radical (unpaired) electrons. The van der Waals surface area contributed by atoms with Crippen molar-refractivity contribution in [2.24, 2.45) is 0 Å². The topological polar surface area (TPSA) is 83.5 Å². The molecule has 0 aliphatic rings. The van der Waals surface area contributed by atoms with Gasteiger partial charge < -0.3 is 20.5 Å². The quantitative estimate of drug-likeness (QED) is 0.538. The molecule has 1 atom stereocenters. The summed E-state index contributed by atoms with van der Waals surface area (Å²) in [5, 5.41) is 15.0. The summed E-state index contributed by atoms with van der Waals surface area (Å²) >= 11 is 0. The zero-order valence-electron chi connectivity index (χ0n) is 16.3. The Morgan fingerprint density at radius 1 is 1.07 bits per heavy atom. The van der Waals surface area contributed by atoms with Crippen molar-refractivity contribution in [3.63, 3.8) is 0 Å². The molecule has 0 spiro atoms. The number of ether oxygens (including phenoxy) is 1. The Hall–Kier alpha value is -3.38. The third-order valence-electron chi connectivity index (χ3n) is 4.40. The number of rotatable bonds is 8. The van der Waals surface area contributed by atoms with Gasteiger partial charge in [-0.05, 0) is 42.2 Å². The fraction of sp³-hybridized carbons (Fsp3) is 0.217. The van der Waals surface area contributed by atoms with E-state index in [1.165, 1.54) is 11.8 Å². The SMILES string of the molecule is CCc1cccc(Oc2ccc(NC(=O)NC(CO)Cc3ccccc3)cn2)c1. The fourth-order valence-electron chi connectivity index (χ4n) is 2.88. The summed E-state index contributed by atoms with van der Waals surface area (Å²) in [6.45, 7) is 1.94. The summed E-state index contributed by atoms with van der Waals surface area (Å²) in [7, 11) is 0. The second-order valence-corrected chi connectivity index (χ2v) is 6.66. The first-order valence-electron chi connectivity index (χ1n) is 9.61. The summed E-state index contributed by atoms with van der Waals surface area (Å²) < 4.78 is 5.76. The minimum absolute atomic E-state index is 0.149. The number of amides is 2. The van der Waals surface area contributed by atoms with E-state index in [4.69, 9.17) is 4.74 Å². The van der Waals surface area contributed by atoms with E-state index in [9.17, 15) is 9.90 Å². The Labute approximate surface area is 170 Å². The van der Waals surface area contributed by atoms with Crippen molar-refractivity contribution < 1.29 is 14.6 Å². The first-order valence-corrected chi connectivity index (χ1v) is 9.61. The number of aromatic nitrogens is 1. The molecule has 2 aromatic carbocycles. The molecule has 29 heavy (non-hydrogen) atoms. The van der Waals surface area contributed by atoms with Crippen LogP contribution in [0.25, 0.3) is 0 Å². The van der Waals surface area contributed by atoms with Gasteiger partial charge in [0.2, 0.25) is 5.88 Å². The van der Waals surface area contributed by atoms with E-state index in [2.05, 4.69) is 22.5 Å². The minimum Gasteiger partial charge on any atom is -0.439 e. The largest absolute Gasteiger partial charge is 0.439 e. The van der Waals surface area contributed by atoms with Crippen molar-refractivity contribution in [1.29, 1.82) is 0 Å². The van der Waals surface area contributed by atoms with Crippen LogP contribution in [0.3, 0.4) is 0 Å². The molecule has 0 aliphatic heterocycles. The minimum atomic E-state index is -0.397. The van der Waals surface area contributed by atoms with Gasteiger partial charge in [-0.3, -0.25) is 0 Å². The van der Waals surface area contributed by atoms with E-state index < -0.39 is 6.03 Å². The maximum absolute atomic E-state index is 12.2. The standard InChI is InChI=1S/C23H25N3O3/c1-2-17-9-6-10-21(14-17)29-22-12-11-19(15-24-22)25-23(28)26-20(16-27)13-18-7-4-3-5-8-18/h3-12,14-15,20,27H,2,13,16H2,1H3,(H2,25,26,28). The number of nitrogens with zero attached hydrogens (tertiary/aromatic N) is 1. The molecule has 1 unspecified atom stereocenters. The highest BCUT2D eigenvalue weighted by molar-refractivity contribution is 5.89. The zero-order valence-corrected chi connectivity index (χ0v) is 16.3. The number of aliphatic hydroxyl groups excluding tert-OH is 1. The van der Waals surface area contributed by atoms with Crippen molar-refractivity contribution in [3.05, 3.63) is 84.1 Å². The Bertz CT molecular complexity index is 914. The average molecular weight is 391 g/mol. The monoisotopic (exact) mass is 391 g/mol. The average Bonchev–Trinajstić information content (AvgIpc) is 2.75. The molecule has 3 rings (SSSR count). The molecule has 0 saturated heterocycles. The lowest BCUT2D eigenvalue weighted by Gasteiger charge is -2.17. The van der Waals surface area contributed by atoms with Crippen LogP contribution in [0.2, 0.25) is 0 Å². The van der Waals surface area contributed by atoms with Gasteiger partial charge in [-0.25, -0.2) is 9.78 Å². The first kappa shape index (κ1) is 20.4.